The van der Waals surface area contributed by atoms with Crippen LogP contribution < -0.4 is 11.1 Å². The van der Waals surface area contributed by atoms with Crippen LogP contribution in [0.2, 0.25) is 0 Å². The van der Waals surface area contributed by atoms with Crippen LogP contribution in [0.4, 0.5) is 0 Å². The minimum Gasteiger partial charge on any atom is -0.366 e. The first-order valence-electron chi connectivity index (χ1n) is 7.32. The summed E-state index contributed by atoms with van der Waals surface area (Å²) in [6.45, 7) is 0.377. The molecule has 1 heterocycles. The molecule has 2 amide bonds. The van der Waals surface area contributed by atoms with Crippen molar-refractivity contribution in [2.24, 2.45) is 5.73 Å². The first kappa shape index (κ1) is 15.9. The lowest BCUT2D eigenvalue weighted by atomic mass is 10.1. The summed E-state index contributed by atoms with van der Waals surface area (Å²) in [7, 11) is 0. The van der Waals surface area contributed by atoms with Gasteiger partial charge >= 0.3 is 0 Å². The molecule has 0 aliphatic carbocycles. The Hall–Kier alpha value is -2.99. The van der Waals surface area contributed by atoms with Gasteiger partial charge in [-0.05, 0) is 35.9 Å². The molecule has 0 aliphatic rings. The summed E-state index contributed by atoms with van der Waals surface area (Å²) in [5, 5.41) is 3.58. The predicted octanol–water partition coefficient (Wildman–Crippen LogP) is 2.72. The van der Waals surface area contributed by atoms with Gasteiger partial charge in [0.15, 0.2) is 0 Å². The van der Waals surface area contributed by atoms with Crippen LogP contribution in [0.5, 0.6) is 0 Å². The van der Waals surface area contributed by atoms with Crippen molar-refractivity contribution in [3.05, 3.63) is 70.7 Å². The van der Waals surface area contributed by atoms with Crippen molar-refractivity contribution < 1.29 is 9.59 Å². The summed E-state index contributed by atoms with van der Waals surface area (Å²) in [6, 6.07) is 14.6. The largest absolute Gasteiger partial charge is 0.366 e. The fourth-order valence-corrected chi connectivity index (χ4v) is 3.01. The average molecular weight is 337 g/mol. The van der Waals surface area contributed by atoms with Gasteiger partial charge < -0.3 is 11.1 Å². The van der Waals surface area contributed by atoms with Gasteiger partial charge in [0, 0.05) is 18.2 Å². The molecule has 0 spiro atoms. The van der Waals surface area contributed by atoms with Gasteiger partial charge in [-0.25, -0.2) is 4.98 Å². The van der Waals surface area contributed by atoms with Crippen LogP contribution in [0, 0.1) is 0 Å². The summed E-state index contributed by atoms with van der Waals surface area (Å²) < 4.78 is 1.09. The lowest BCUT2D eigenvalue weighted by Crippen LogP contribution is -2.20. The standard InChI is InChI=1S/C18H15N3O2S/c19-18(23)13-7-5-12(6-8-13)11-20-16(22)9-10-17-21-14-3-1-2-4-15(14)24-17/h1-10H,11H2,(H2,19,23)(H,20,22). The predicted molar refractivity (Wildman–Crippen MR) is 95.5 cm³/mol. The van der Waals surface area contributed by atoms with E-state index in [2.05, 4.69) is 10.3 Å². The Morgan fingerprint density at radius 1 is 1.12 bits per heavy atom. The third-order valence-electron chi connectivity index (χ3n) is 3.39. The van der Waals surface area contributed by atoms with Crippen LogP contribution in [-0.4, -0.2) is 16.8 Å². The Balaban J connectivity index is 1.57. The quantitative estimate of drug-likeness (QED) is 0.702. The van der Waals surface area contributed by atoms with Gasteiger partial charge in [-0.3, -0.25) is 9.59 Å². The topological polar surface area (TPSA) is 85.1 Å². The summed E-state index contributed by atoms with van der Waals surface area (Å²) >= 11 is 1.54. The van der Waals surface area contributed by atoms with Gasteiger partial charge in [0.2, 0.25) is 11.8 Å². The SMILES string of the molecule is NC(=O)c1ccc(CNC(=O)C=Cc2nc3ccccc3s2)cc1. The third-order valence-corrected chi connectivity index (χ3v) is 4.39. The number of rotatable bonds is 5. The Bertz CT molecular complexity index is 880. The van der Waals surface area contributed by atoms with E-state index in [1.807, 2.05) is 24.3 Å². The molecule has 0 saturated heterocycles. The third kappa shape index (κ3) is 3.85. The molecular weight excluding hydrogens is 322 g/mol. The first-order valence-corrected chi connectivity index (χ1v) is 8.14. The van der Waals surface area contributed by atoms with E-state index in [4.69, 9.17) is 5.73 Å². The van der Waals surface area contributed by atoms with E-state index in [-0.39, 0.29) is 5.91 Å². The summed E-state index contributed by atoms with van der Waals surface area (Å²) in [4.78, 5) is 27.3. The number of benzene rings is 2. The Morgan fingerprint density at radius 3 is 2.58 bits per heavy atom. The number of thiazole rings is 1. The minimum absolute atomic E-state index is 0.201. The second kappa shape index (κ2) is 7.06. The number of aromatic nitrogens is 1. The summed E-state index contributed by atoms with van der Waals surface area (Å²) in [5.74, 6) is -0.669. The Labute approximate surface area is 142 Å². The van der Waals surface area contributed by atoms with Crippen LogP contribution in [0.15, 0.2) is 54.6 Å². The molecule has 3 N–H and O–H groups in total. The number of carbonyl (C=O) groups is 2. The maximum Gasteiger partial charge on any atom is 0.248 e. The molecule has 5 nitrogen and oxygen atoms in total. The molecule has 0 saturated carbocycles. The summed E-state index contributed by atoms with van der Waals surface area (Å²) in [6.07, 6.45) is 3.17. The Morgan fingerprint density at radius 2 is 1.88 bits per heavy atom. The molecule has 3 rings (SSSR count). The molecule has 0 fully saturated rings. The number of nitrogens with two attached hydrogens (primary N) is 1. The van der Waals surface area contributed by atoms with E-state index in [1.54, 1.807) is 30.3 Å². The minimum atomic E-state index is -0.468. The molecule has 0 aliphatic heterocycles. The van der Waals surface area contributed by atoms with Crippen molar-refractivity contribution in [1.82, 2.24) is 10.3 Å². The van der Waals surface area contributed by atoms with Crippen molar-refractivity contribution >= 4 is 39.4 Å². The smallest absolute Gasteiger partial charge is 0.248 e. The zero-order valence-corrected chi connectivity index (χ0v) is 13.5. The lowest BCUT2D eigenvalue weighted by molar-refractivity contribution is -0.116. The number of fused-ring (bicyclic) bond motifs is 1. The molecule has 0 unspecified atom stereocenters. The van der Waals surface area contributed by atoms with Gasteiger partial charge in [0.25, 0.3) is 0 Å². The van der Waals surface area contributed by atoms with E-state index in [9.17, 15) is 9.59 Å². The molecule has 3 aromatic rings. The second-order valence-corrected chi connectivity index (χ2v) is 6.19. The molecule has 0 atom stereocenters. The molecule has 0 radical (unpaired) electrons. The van der Waals surface area contributed by atoms with E-state index < -0.39 is 5.91 Å². The van der Waals surface area contributed by atoms with Crippen molar-refractivity contribution in [2.75, 3.05) is 0 Å². The van der Waals surface area contributed by atoms with Crippen LogP contribution >= 0.6 is 11.3 Å². The van der Waals surface area contributed by atoms with Crippen molar-refractivity contribution in [3.63, 3.8) is 0 Å². The van der Waals surface area contributed by atoms with Crippen LogP contribution in [0.1, 0.15) is 20.9 Å². The molecule has 24 heavy (non-hydrogen) atoms. The van der Waals surface area contributed by atoms with E-state index in [0.29, 0.717) is 12.1 Å². The molecular formula is C18H15N3O2S. The first-order chi connectivity index (χ1) is 11.6. The highest BCUT2D eigenvalue weighted by Gasteiger charge is 2.02. The number of nitrogens with one attached hydrogen (secondary N) is 1. The maximum atomic E-state index is 11.9. The fourth-order valence-electron chi connectivity index (χ4n) is 2.14. The second-order valence-electron chi connectivity index (χ2n) is 5.13. The normalized spacial score (nSPS) is 11.0. The average Bonchev–Trinajstić information content (AvgIpc) is 3.01. The maximum absolute atomic E-state index is 11.9. The van der Waals surface area contributed by atoms with Crippen molar-refractivity contribution in [1.29, 1.82) is 0 Å². The highest BCUT2D eigenvalue weighted by molar-refractivity contribution is 7.19. The van der Waals surface area contributed by atoms with Gasteiger partial charge in [-0.15, -0.1) is 11.3 Å². The van der Waals surface area contributed by atoms with Gasteiger partial charge in [0.05, 0.1) is 10.2 Å². The highest BCUT2D eigenvalue weighted by atomic mass is 32.1. The van der Waals surface area contributed by atoms with E-state index in [0.717, 1.165) is 20.8 Å². The molecule has 2 aromatic carbocycles. The molecule has 0 bridgehead atoms. The van der Waals surface area contributed by atoms with Gasteiger partial charge in [-0.1, -0.05) is 24.3 Å². The fraction of sp³-hybridized carbons (Fsp3) is 0.0556. The van der Waals surface area contributed by atoms with Crippen LogP contribution in [0.3, 0.4) is 0 Å². The number of amides is 2. The molecule has 1 aromatic heterocycles. The molecule has 120 valence electrons. The zero-order valence-electron chi connectivity index (χ0n) is 12.7. The van der Waals surface area contributed by atoms with Gasteiger partial charge in [-0.2, -0.15) is 0 Å². The lowest BCUT2D eigenvalue weighted by Gasteiger charge is -2.03. The van der Waals surface area contributed by atoms with Crippen molar-refractivity contribution in [2.45, 2.75) is 6.54 Å². The monoisotopic (exact) mass is 337 g/mol. The van der Waals surface area contributed by atoms with Crippen LogP contribution in [-0.2, 0) is 11.3 Å². The number of carbonyl (C=O) groups excluding carboxylic acids is 2. The molecule has 6 heteroatoms. The van der Waals surface area contributed by atoms with Gasteiger partial charge in [0.1, 0.15) is 5.01 Å². The van der Waals surface area contributed by atoms with E-state index >= 15 is 0 Å². The highest BCUT2D eigenvalue weighted by Crippen LogP contribution is 2.22. The van der Waals surface area contributed by atoms with Crippen LogP contribution in [0.25, 0.3) is 16.3 Å². The number of nitrogens with zero attached hydrogens (tertiary/aromatic N) is 1. The summed E-state index contributed by atoms with van der Waals surface area (Å²) in [5.41, 5.74) is 7.45. The number of hydrogen-bond donors (Lipinski definition) is 2. The number of para-hydroxylation sites is 1. The Kier molecular flexibility index (Phi) is 4.67. The number of primary amides is 1. The number of hydrogen-bond acceptors (Lipinski definition) is 4. The van der Waals surface area contributed by atoms with Crippen molar-refractivity contribution in [3.8, 4) is 0 Å². The zero-order chi connectivity index (χ0) is 16.9. The van der Waals surface area contributed by atoms with E-state index in [1.165, 1.54) is 17.4 Å².